The molecule has 0 bridgehead atoms. The van der Waals surface area contributed by atoms with Crippen molar-refractivity contribution in [1.29, 1.82) is 0 Å². The highest BCUT2D eigenvalue weighted by molar-refractivity contribution is 5.94. The second kappa shape index (κ2) is 9.31. The molecule has 0 saturated heterocycles. The molecule has 136 valence electrons. The third kappa shape index (κ3) is 6.35. The van der Waals surface area contributed by atoms with Crippen molar-refractivity contribution in [3.8, 4) is 0 Å². The van der Waals surface area contributed by atoms with E-state index in [1.807, 2.05) is 19.1 Å². The molecular weight excluding hydrogens is 339 g/mol. The molecule has 0 aromatic heterocycles. The number of nitrogens with one attached hydrogen (secondary N) is 2. The molecule has 0 aliphatic rings. The Morgan fingerprint density at radius 1 is 0.923 bits per heavy atom. The van der Waals surface area contributed by atoms with E-state index in [4.69, 9.17) is 4.74 Å². The molecule has 0 atom stereocenters. The number of anilines is 2. The van der Waals surface area contributed by atoms with Crippen LogP contribution in [-0.2, 0) is 19.1 Å². The molecule has 2 aromatic carbocycles. The van der Waals surface area contributed by atoms with Gasteiger partial charge in [-0.25, -0.2) is 4.39 Å². The van der Waals surface area contributed by atoms with Gasteiger partial charge in [0.1, 0.15) is 5.82 Å². The van der Waals surface area contributed by atoms with Gasteiger partial charge in [0.05, 0.1) is 6.42 Å². The summed E-state index contributed by atoms with van der Waals surface area (Å²) < 4.78 is 17.6. The van der Waals surface area contributed by atoms with Crippen LogP contribution in [0.25, 0.3) is 0 Å². The number of hydrogen-bond acceptors (Lipinski definition) is 4. The number of para-hydroxylation sites is 1. The molecule has 2 aromatic rings. The zero-order valence-corrected chi connectivity index (χ0v) is 14.3. The van der Waals surface area contributed by atoms with Gasteiger partial charge in [0.2, 0.25) is 5.91 Å². The Labute approximate surface area is 150 Å². The second-order valence-electron chi connectivity index (χ2n) is 5.58. The molecule has 0 unspecified atom stereocenters. The van der Waals surface area contributed by atoms with Gasteiger partial charge < -0.3 is 15.4 Å². The number of halogens is 1. The summed E-state index contributed by atoms with van der Waals surface area (Å²) in [5.74, 6) is -1.93. The molecule has 7 heteroatoms. The summed E-state index contributed by atoms with van der Waals surface area (Å²) in [4.78, 5) is 35.1. The quantitative estimate of drug-likeness (QED) is 0.745. The van der Waals surface area contributed by atoms with E-state index < -0.39 is 24.3 Å². The van der Waals surface area contributed by atoms with Gasteiger partial charge in [-0.05, 0) is 42.8 Å². The third-order valence-electron chi connectivity index (χ3n) is 3.47. The van der Waals surface area contributed by atoms with Crippen molar-refractivity contribution in [2.75, 3.05) is 17.2 Å². The highest BCUT2D eigenvalue weighted by Gasteiger charge is 2.11. The normalized spacial score (nSPS) is 10.1. The van der Waals surface area contributed by atoms with Crippen LogP contribution < -0.4 is 10.6 Å². The smallest absolute Gasteiger partial charge is 0.306 e. The van der Waals surface area contributed by atoms with E-state index in [1.54, 1.807) is 12.1 Å². The van der Waals surface area contributed by atoms with Crippen LogP contribution >= 0.6 is 0 Å². The first kappa shape index (κ1) is 19.1. The third-order valence-corrected chi connectivity index (χ3v) is 3.47. The van der Waals surface area contributed by atoms with Gasteiger partial charge >= 0.3 is 5.97 Å². The molecule has 0 radical (unpaired) electrons. The molecule has 0 fully saturated rings. The first-order valence-corrected chi connectivity index (χ1v) is 8.00. The highest BCUT2D eigenvalue weighted by Crippen LogP contribution is 2.13. The fourth-order valence-electron chi connectivity index (χ4n) is 2.09. The average molecular weight is 358 g/mol. The number of aryl methyl sites for hydroxylation is 1. The zero-order chi connectivity index (χ0) is 18.9. The summed E-state index contributed by atoms with van der Waals surface area (Å²) in [6.45, 7) is 1.39. The van der Waals surface area contributed by atoms with E-state index in [-0.39, 0.29) is 18.7 Å². The van der Waals surface area contributed by atoms with Gasteiger partial charge in [-0.1, -0.05) is 18.2 Å². The molecule has 0 aliphatic heterocycles. The predicted molar refractivity (Wildman–Crippen MR) is 95.0 cm³/mol. The molecule has 2 rings (SSSR count). The molecular formula is C19H19FN2O4. The van der Waals surface area contributed by atoms with Gasteiger partial charge in [-0.15, -0.1) is 0 Å². The number of rotatable bonds is 7. The van der Waals surface area contributed by atoms with E-state index in [0.717, 1.165) is 5.56 Å². The van der Waals surface area contributed by atoms with Crippen molar-refractivity contribution in [2.45, 2.75) is 19.8 Å². The second-order valence-corrected chi connectivity index (χ2v) is 5.58. The Kier molecular flexibility index (Phi) is 6.84. The molecule has 6 nitrogen and oxygen atoms in total. The molecule has 2 amide bonds. The summed E-state index contributed by atoms with van der Waals surface area (Å²) in [6.07, 6.45) is -0.186. The van der Waals surface area contributed by atoms with Gasteiger partial charge in [-0.2, -0.15) is 0 Å². The minimum absolute atomic E-state index is 0.0489. The van der Waals surface area contributed by atoms with E-state index in [2.05, 4.69) is 10.6 Å². The Bertz CT molecular complexity index is 790. The maximum absolute atomic E-state index is 12.8. The van der Waals surface area contributed by atoms with Crippen molar-refractivity contribution in [3.63, 3.8) is 0 Å². The van der Waals surface area contributed by atoms with Crippen LogP contribution in [0.15, 0.2) is 48.5 Å². The molecule has 26 heavy (non-hydrogen) atoms. The number of amides is 2. The monoisotopic (exact) mass is 358 g/mol. The molecule has 0 heterocycles. The minimum atomic E-state index is -0.654. The number of esters is 1. The Balaban J connectivity index is 1.68. The molecule has 0 saturated carbocycles. The summed E-state index contributed by atoms with van der Waals surface area (Å²) in [6, 6.07) is 12.5. The van der Waals surface area contributed by atoms with Crippen LogP contribution in [0.2, 0.25) is 0 Å². The van der Waals surface area contributed by atoms with Crippen LogP contribution in [-0.4, -0.2) is 24.4 Å². The first-order chi connectivity index (χ1) is 12.4. The fraction of sp³-hybridized carbons (Fsp3) is 0.211. The lowest BCUT2D eigenvalue weighted by Gasteiger charge is -2.08. The Morgan fingerprint density at radius 2 is 1.62 bits per heavy atom. The zero-order valence-electron chi connectivity index (χ0n) is 14.3. The highest BCUT2D eigenvalue weighted by atomic mass is 19.1. The number of benzene rings is 2. The van der Waals surface area contributed by atoms with Crippen molar-refractivity contribution in [1.82, 2.24) is 0 Å². The lowest BCUT2D eigenvalue weighted by Crippen LogP contribution is -2.21. The maximum Gasteiger partial charge on any atom is 0.306 e. The average Bonchev–Trinajstić information content (AvgIpc) is 2.62. The largest absolute Gasteiger partial charge is 0.456 e. The molecule has 2 N–H and O–H groups in total. The minimum Gasteiger partial charge on any atom is -0.456 e. The van der Waals surface area contributed by atoms with Gasteiger partial charge in [0, 0.05) is 17.8 Å². The molecule has 0 spiro atoms. The van der Waals surface area contributed by atoms with Gasteiger partial charge in [0.25, 0.3) is 5.91 Å². The van der Waals surface area contributed by atoms with Crippen molar-refractivity contribution in [3.05, 3.63) is 59.9 Å². The first-order valence-electron chi connectivity index (χ1n) is 8.00. The van der Waals surface area contributed by atoms with Crippen LogP contribution in [0, 0.1) is 12.7 Å². The van der Waals surface area contributed by atoms with Gasteiger partial charge in [0.15, 0.2) is 6.61 Å². The van der Waals surface area contributed by atoms with Crippen molar-refractivity contribution < 1.29 is 23.5 Å². The van der Waals surface area contributed by atoms with E-state index >= 15 is 0 Å². The van der Waals surface area contributed by atoms with Crippen LogP contribution in [0.1, 0.15) is 18.4 Å². The van der Waals surface area contributed by atoms with Crippen LogP contribution in [0.4, 0.5) is 15.8 Å². The maximum atomic E-state index is 12.8. The summed E-state index contributed by atoms with van der Waals surface area (Å²) in [5, 5.41) is 5.18. The number of ether oxygens (including phenoxy) is 1. The summed E-state index contributed by atoms with van der Waals surface area (Å²) in [5.41, 5.74) is 2.00. The summed E-state index contributed by atoms with van der Waals surface area (Å²) >= 11 is 0. The standard InChI is InChI=1S/C19H19FN2O4/c1-13-4-2-3-5-16(13)22-17(23)10-11-19(25)26-12-18(24)21-15-8-6-14(20)7-9-15/h2-9H,10-12H2,1H3,(H,21,24)(H,22,23). The Hall–Kier alpha value is -3.22. The van der Waals surface area contributed by atoms with E-state index in [9.17, 15) is 18.8 Å². The number of carbonyl (C=O) groups excluding carboxylic acids is 3. The lowest BCUT2D eigenvalue weighted by molar-refractivity contribution is -0.147. The number of hydrogen-bond donors (Lipinski definition) is 2. The van der Waals surface area contributed by atoms with Crippen LogP contribution in [0.5, 0.6) is 0 Å². The molecule has 0 aliphatic carbocycles. The van der Waals surface area contributed by atoms with Crippen molar-refractivity contribution >= 4 is 29.2 Å². The van der Waals surface area contributed by atoms with E-state index in [1.165, 1.54) is 24.3 Å². The van der Waals surface area contributed by atoms with Crippen LogP contribution in [0.3, 0.4) is 0 Å². The topological polar surface area (TPSA) is 84.5 Å². The number of carbonyl (C=O) groups is 3. The lowest BCUT2D eigenvalue weighted by atomic mass is 10.2. The van der Waals surface area contributed by atoms with Gasteiger partial charge in [-0.3, -0.25) is 14.4 Å². The fourth-order valence-corrected chi connectivity index (χ4v) is 2.09. The predicted octanol–water partition coefficient (Wildman–Crippen LogP) is 3.03. The summed E-state index contributed by atoms with van der Waals surface area (Å²) in [7, 11) is 0. The van der Waals surface area contributed by atoms with E-state index in [0.29, 0.717) is 11.4 Å². The SMILES string of the molecule is Cc1ccccc1NC(=O)CCC(=O)OCC(=O)Nc1ccc(F)cc1. The van der Waals surface area contributed by atoms with Crippen molar-refractivity contribution in [2.24, 2.45) is 0 Å². The Morgan fingerprint density at radius 3 is 2.31 bits per heavy atom.